The van der Waals surface area contributed by atoms with Crippen LogP contribution in [0.3, 0.4) is 0 Å². The first kappa shape index (κ1) is 13.5. The summed E-state index contributed by atoms with van der Waals surface area (Å²) in [6.07, 6.45) is -4.48. The molecule has 1 amide bonds. The summed E-state index contributed by atoms with van der Waals surface area (Å²) in [7, 11) is 1.47. The number of halogens is 3. The second-order valence-electron chi connectivity index (χ2n) is 4.34. The van der Waals surface area contributed by atoms with Crippen LogP contribution < -0.4 is 10.5 Å². The van der Waals surface area contributed by atoms with Gasteiger partial charge in [0, 0.05) is 13.1 Å². The summed E-state index contributed by atoms with van der Waals surface area (Å²) >= 11 is 0. The lowest BCUT2D eigenvalue weighted by atomic mass is 9.98. The summed E-state index contributed by atoms with van der Waals surface area (Å²) in [6, 6.07) is 3.27. The van der Waals surface area contributed by atoms with Crippen LogP contribution in [-0.2, 0) is 17.8 Å². The Morgan fingerprint density at radius 1 is 1.37 bits per heavy atom. The number of benzene rings is 1. The highest BCUT2D eigenvalue weighted by atomic mass is 19.4. The molecule has 0 aromatic heterocycles. The Bertz CT molecular complexity index is 514. The third-order valence-corrected chi connectivity index (χ3v) is 3.09. The number of ether oxygens (including phenoxy) is 1. The van der Waals surface area contributed by atoms with Crippen LogP contribution in [0.25, 0.3) is 0 Å². The summed E-state index contributed by atoms with van der Waals surface area (Å²) in [5.41, 5.74) is 7.55. The molecular formula is C12H13F3N2O2. The Balaban J connectivity index is 2.25. The number of amides is 1. The minimum Gasteiger partial charge on any atom is -0.495 e. The van der Waals surface area contributed by atoms with Crippen LogP contribution in [0.15, 0.2) is 12.1 Å². The fourth-order valence-corrected chi connectivity index (χ4v) is 2.14. The van der Waals surface area contributed by atoms with E-state index in [1.54, 1.807) is 12.1 Å². The van der Waals surface area contributed by atoms with Crippen LogP contribution in [0.2, 0.25) is 0 Å². The van der Waals surface area contributed by atoms with Crippen molar-refractivity contribution in [2.45, 2.75) is 19.1 Å². The highest BCUT2D eigenvalue weighted by molar-refractivity contribution is 5.82. The first-order valence-corrected chi connectivity index (χ1v) is 5.64. The Morgan fingerprint density at radius 3 is 2.63 bits per heavy atom. The van der Waals surface area contributed by atoms with Gasteiger partial charge in [-0.25, -0.2) is 0 Å². The van der Waals surface area contributed by atoms with Crippen LogP contribution in [0.4, 0.5) is 18.9 Å². The average molecular weight is 274 g/mol. The fraction of sp³-hybridized carbons (Fsp3) is 0.417. The maximum absolute atomic E-state index is 12.4. The van der Waals surface area contributed by atoms with Crippen LogP contribution in [0.1, 0.15) is 11.1 Å². The number of anilines is 1. The van der Waals surface area contributed by atoms with E-state index in [0.717, 1.165) is 10.5 Å². The molecule has 0 saturated carbocycles. The van der Waals surface area contributed by atoms with Gasteiger partial charge in [-0.3, -0.25) is 4.79 Å². The summed E-state index contributed by atoms with van der Waals surface area (Å²) in [6.45, 7) is -0.0414. The van der Waals surface area contributed by atoms with Gasteiger partial charge in [0.2, 0.25) is 0 Å². The molecule has 0 atom stereocenters. The lowest BCUT2D eigenvalue weighted by Gasteiger charge is -2.30. The number of hydrogen-bond donors (Lipinski definition) is 1. The van der Waals surface area contributed by atoms with Crippen LogP contribution in [-0.4, -0.2) is 30.6 Å². The van der Waals surface area contributed by atoms with Crippen LogP contribution in [0.5, 0.6) is 5.75 Å². The number of rotatable bonds is 1. The zero-order valence-electron chi connectivity index (χ0n) is 10.3. The standard InChI is InChI=1S/C12H13F3N2O2/c1-19-10-5-7-2-3-17(11(18)12(13,14)15)6-8(7)4-9(10)16/h4-5H,2-3,6,16H2,1H3. The summed E-state index contributed by atoms with van der Waals surface area (Å²) in [4.78, 5) is 12.0. The number of methoxy groups -OCH3 is 1. The first-order chi connectivity index (χ1) is 8.82. The van der Waals surface area contributed by atoms with Gasteiger partial charge in [-0.15, -0.1) is 0 Å². The van der Waals surface area contributed by atoms with Gasteiger partial charge in [0.05, 0.1) is 12.8 Å². The number of carbonyl (C=O) groups excluding carboxylic acids is 1. The van der Waals surface area contributed by atoms with Crippen molar-refractivity contribution < 1.29 is 22.7 Å². The molecule has 4 nitrogen and oxygen atoms in total. The molecule has 0 saturated heterocycles. The molecule has 1 aliphatic heterocycles. The fourth-order valence-electron chi connectivity index (χ4n) is 2.14. The van der Waals surface area contributed by atoms with E-state index < -0.39 is 12.1 Å². The molecule has 1 heterocycles. The number of nitrogen functional groups attached to an aromatic ring is 1. The quantitative estimate of drug-likeness (QED) is 0.793. The molecule has 1 aliphatic rings. The maximum atomic E-state index is 12.4. The molecule has 0 aliphatic carbocycles. The number of fused-ring (bicyclic) bond motifs is 1. The minimum absolute atomic E-state index is 0.0401. The SMILES string of the molecule is COc1cc2c(cc1N)CN(C(=O)C(F)(F)F)CC2. The molecule has 7 heteroatoms. The molecule has 0 unspecified atom stereocenters. The molecule has 0 spiro atoms. The lowest BCUT2D eigenvalue weighted by Crippen LogP contribution is -2.43. The van der Waals surface area contributed by atoms with E-state index in [9.17, 15) is 18.0 Å². The molecule has 1 aromatic rings. The lowest BCUT2D eigenvalue weighted by molar-refractivity contribution is -0.186. The van der Waals surface area contributed by atoms with Crippen molar-refractivity contribution in [3.8, 4) is 5.75 Å². The van der Waals surface area contributed by atoms with Crippen molar-refractivity contribution in [1.82, 2.24) is 4.90 Å². The largest absolute Gasteiger partial charge is 0.495 e. The van der Waals surface area contributed by atoms with E-state index in [1.165, 1.54) is 7.11 Å². The third-order valence-electron chi connectivity index (χ3n) is 3.09. The monoisotopic (exact) mass is 274 g/mol. The van der Waals surface area contributed by atoms with E-state index in [4.69, 9.17) is 10.5 Å². The normalized spacial score (nSPS) is 15.1. The topological polar surface area (TPSA) is 55.6 Å². The van der Waals surface area contributed by atoms with Gasteiger partial charge in [0.1, 0.15) is 5.75 Å². The van der Waals surface area contributed by atoms with Crippen LogP contribution in [0, 0.1) is 0 Å². The molecule has 0 fully saturated rings. The zero-order chi connectivity index (χ0) is 14.2. The van der Waals surface area contributed by atoms with Gasteiger partial charge >= 0.3 is 12.1 Å². The predicted octanol–water partition coefficient (Wildman–Crippen LogP) is 1.72. The molecular weight excluding hydrogens is 261 g/mol. The first-order valence-electron chi connectivity index (χ1n) is 5.64. The third kappa shape index (κ3) is 2.59. The van der Waals surface area contributed by atoms with Gasteiger partial charge < -0.3 is 15.4 Å². The van der Waals surface area contributed by atoms with Crippen molar-refractivity contribution in [2.24, 2.45) is 0 Å². The molecule has 0 radical (unpaired) electrons. The van der Waals surface area contributed by atoms with Gasteiger partial charge in [0.25, 0.3) is 0 Å². The van der Waals surface area contributed by atoms with Crippen molar-refractivity contribution in [1.29, 1.82) is 0 Å². The number of carbonyl (C=O) groups is 1. The minimum atomic E-state index is -4.84. The van der Waals surface area contributed by atoms with Crippen molar-refractivity contribution in [3.63, 3.8) is 0 Å². The summed E-state index contributed by atoms with van der Waals surface area (Å²) in [5, 5.41) is 0. The average Bonchev–Trinajstić information content (AvgIpc) is 2.35. The van der Waals surface area contributed by atoms with Gasteiger partial charge in [0.15, 0.2) is 0 Å². The molecule has 0 bridgehead atoms. The summed E-state index contributed by atoms with van der Waals surface area (Å²) < 4.78 is 42.2. The molecule has 2 rings (SSSR count). The van der Waals surface area contributed by atoms with Gasteiger partial charge in [-0.05, 0) is 29.7 Å². The molecule has 2 N–H and O–H groups in total. The Kier molecular flexibility index (Phi) is 3.30. The van der Waals surface area contributed by atoms with E-state index in [1.807, 2.05) is 0 Å². The highest BCUT2D eigenvalue weighted by Crippen LogP contribution is 2.31. The van der Waals surface area contributed by atoms with E-state index in [-0.39, 0.29) is 13.1 Å². The predicted molar refractivity (Wildman–Crippen MR) is 62.6 cm³/mol. The molecule has 19 heavy (non-hydrogen) atoms. The van der Waals surface area contributed by atoms with Crippen molar-refractivity contribution >= 4 is 11.6 Å². The van der Waals surface area contributed by atoms with Crippen molar-refractivity contribution in [3.05, 3.63) is 23.3 Å². The van der Waals surface area contributed by atoms with Crippen molar-refractivity contribution in [2.75, 3.05) is 19.4 Å². The Morgan fingerprint density at radius 2 is 2.05 bits per heavy atom. The highest BCUT2D eigenvalue weighted by Gasteiger charge is 2.43. The van der Waals surface area contributed by atoms with E-state index in [0.29, 0.717) is 23.4 Å². The van der Waals surface area contributed by atoms with E-state index >= 15 is 0 Å². The van der Waals surface area contributed by atoms with Crippen LogP contribution >= 0.6 is 0 Å². The Labute approximate surface area is 107 Å². The number of nitrogens with zero attached hydrogens (tertiary/aromatic N) is 1. The van der Waals surface area contributed by atoms with E-state index in [2.05, 4.69) is 0 Å². The molecule has 104 valence electrons. The smallest absolute Gasteiger partial charge is 0.471 e. The second-order valence-corrected chi connectivity index (χ2v) is 4.34. The molecule has 1 aromatic carbocycles. The number of nitrogens with two attached hydrogens (primary N) is 1. The summed E-state index contributed by atoms with van der Waals surface area (Å²) in [5.74, 6) is -1.32. The van der Waals surface area contributed by atoms with Gasteiger partial charge in [-0.1, -0.05) is 0 Å². The van der Waals surface area contributed by atoms with Gasteiger partial charge in [-0.2, -0.15) is 13.2 Å². The number of alkyl halides is 3. The number of hydrogen-bond acceptors (Lipinski definition) is 3. The second kappa shape index (κ2) is 4.64. The maximum Gasteiger partial charge on any atom is 0.471 e. The zero-order valence-corrected chi connectivity index (χ0v) is 10.3. The Hall–Kier alpha value is -1.92.